The van der Waals surface area contributed by atoms with Crippen molar-refractivity contribution >= 4 is 34.2 Å². The Morgan fingerprint density at radius 1 is 1.10 bits per heavy atom. The lowest BCUT2D eigenvalue weighted by Crippen LogP contribution is -2.26. The molecule has 2 aromatic carbocycles. The molecule has 40 heavy (non-hydrogen) atoms. The van der Waals surface area contributed by atoms with E-state index >= 15 is 4.39 Å². The molecular formula is C28H18Cl2FN7O2. The van der Waals surface area contributed by atoms with Crippen molar-refractivity contribution in [3.8, 4) is 28.2 Å². The van der Waals surface area contributed by atoms with E-state index < -0.39 is 12.0 Å². The van der Waals surface area contributed by atoms with Crippen molar-refractivity contribution in [2.75, 3.05) is 0 Å². The van der Waals surface area contributed by atoms with Crippen molar-refractivity contribution in [1.29, 1.82) is 0 Å². The summed E-state index contributed by atoms with van der Waals surface area (Å²) in [5.41, 5.74) is 5.04. The molecule has 12 heteroatoms. The van der Waals surface area contributed by atoms with Gasteiger partial charge in [0.25, 0.3) is 5.56 Å². The van der Waals surface area contributed by atoms with Gasteiger partial charge in [0.1, 0.15) is 5.82 Å². The molecule has 0 amide bonds. The summed E-state index contributed by atoms with van der Waals surface area (Å²) in [6.07, 6.45) is 2.44. The molecular weight excluding hydrogens is 556 g/mol. The highest BCUT2D eigenvalue weighted by Gasteiger charge is 2.54. The molecule has 0 spiro atoms. The molecule has 6 aromatic rings. The number of aromatic nitrogens is 7. The van der Waals surface area contributed by atoms with Gasteiger partial charge in [-0.25, -0.2) is 9.67 Å². The first-order valence-electron chi connectivity index (χ1n) is 12.6. The predicted octanol–water partition coefficient (Wildman–Crippen LogP) is 6.09. The van der Waals surface area contributed by atoms with Crippen LogP contribution in [0.25, 0.3) is 39.2 Å². The number of pyridine rings is 1. The maximum absolute atomic E-state index is 15.4. The smallest absolute Gasteiger partial charge is 0.251 e. The average molecular weight is 574 g/mol. The molecule has 0 saturated heterocycles. The fraction of sp³-hybridized carbons (Fsp3) is 0.179. The number of nitrogens with one attached hydrogen (secondary N) is 1. The van der Waals surface area contributed by atoms with Crippen molar-refractivity contribution in [3.05, 3.63) is 98.3 Å². The van der Waals surface area contributed by atoms with Crippen LogP contribution in [0.3, 0.4) is 0 Å². The predicted molar refractivity (Wildman–Crippen MR) is 146 cm³/mol. The second-order valence-electron chi connectivity index (χ2n) is 10.2. The van der Waals surface area contributed by atoms with E-state index in [1.54, 1.807) is 45.8 Å². The largest absolute Gasteiger partial charge is 0.356 e. The lowest BCUT2D eigenvalue weighted by atomic mass is 10.0. The number of benzene rings is 2. The van der Waals surface area contributed by atoms with E-state index in [1.165, 1.54) is 0 Å². The number of rotatable bonds is 4. The fourth-order valence-electron chi connectivity index (χ4n) is 5.99. The van der Waals surface area contributed by atoms with E-state index in [0.29, 0.717) is 44.5 Å². The SMILES string of the molecule is Cc1noc2cc(-c3nc(F)c(C4C5CC5c5cc(-c6cc(Cl)ccc6-n6cc(Cl)nn6)cc(=O)n54)[nH]3)ccc12. The number of fused-ring (bicyclic) bond motifs is 4. The van der Waals surface area contributed by atoms with Crippen molar-refractivity contribution in [1.82, 2.24) is 34.7 Å². The van der Waals surface area contributed by atoms with Gasteiger partial charge in [-0.1, -0.05) is 39.6 Å². The zero-order chi connectivity index (χ0) is 27.3. The molecule has 8 rings (SSSR count). The molecule has 1 N–H and O–H groups in total. The first-order valence-corrected chi connectivity index (χ1v) is 13.4. The van der Waals surface area contributed by atoms with Gasteiger partial charge < -0.3 is 14.1 Å². The van der Waals surface area contributed by atoms with Gasteiger partial charge in [-0.2, -0.15) is 4.39 Å². The zero-order valence-electron chi connectivity index (χ0n) is 20.8. The summed E-state index contributed by atoms with van der Waals surface area (Å²) in [5, 5.41) is 13.6. The second-order valence-corrected chi connectivity index (χ2v) is 11.1. The summed E-state index contributed by atoms with van der Waals surface area (Å²) >= 11 is 12.3. The molecule has 5 heterocycles. The standard InChI is InChI=1S/C28H18Cl2FN7O2/c1-12-16-4-2-13(7-22(16)40-35-12)28-32-25(27(31)33-28)26-19-10-18(19)21-6-14(8-24(39)38(21)26)17-9-15(29)3-5-20(17)37-11-23(30)34-36-37/h2-9,11,18-19,26H,10H2,1H3,(H,32,33). The average Bonchev–Trinajstić information content (AvgIpc) is 3.20. The number of aryl methyl sites for hydroxylation is 1. The van der Waals surface area contributed by atoms with Crippen LogP contribution in [0.5, 0.6) is 0 Å². The van der Waals surface area contributed by atoms with Gasteiger partial charge in [-0.05, 0) is 61.2 Å². The van der Waals surface area contributed by atoms with Crippen LogP contribution in [-0.4, -0.2) is 34.7 Å². The van der Waals surface area contributed by atoms with Gasteiger partial charge in [-0.3, -0.25) is 4.79 Å². The van der Waals surface area contributed by atoms with E-state index in [1.807, 2.05) is 25.1 Å². The Labute approximate surface area is 235 Å². The second kappa shape index (κ2) is 8.36. The Balaban J connectivity index is 1.21. The molecule has 1 fully saturated rings. The van der Waals surface area contributed by atoms with E-state index in [9.17, 15) is 4.79 Å². The van der Waals surface area contributed by atoms with Crippen molar-refractivity contribution in [2.45, 2.75) is 25.3 Å². The molecule has 1 saturated carbocycles. The Hall–Kier alpha value is -4.28. The topological polar surface area (TPSA) is 107 Å². The number of nitrogens with zero attached hydrogens (tertiary/aromatic N) is 6. The van der Waals surface area contributed by atoms with Crippen molar-refractivity contribution in [3.63, 3.8) is 0 Å². The van der Waals surface area contributed by atoms with E-state index in [-0.39, 0.29) is 22.5 Å². The van der Waals surface area contributed by atoms with Gasteiger partial charge in [0.05, 0.1) is 29.3 Å². The normalized spacial score (nSPS) is 19.2. The molecule has 0 bridgehead atoms. The maximum Gasteiger partial charge on any atom is 0.251 e. The molecule has 9 nitrogen and oxygen atoms in total. The molecule has 1 aliphatic heterocycles. The van der Waals surface area contributed by atoms with Crippen molar-refractivity contribution < 1.29 is 8.91 Å². The van der Waals surface area contributed by atoms with Gasteiger partial charge in [-0.15, -0.1) is 5.10 Å². The Morgan fingerprint density at radius 3 is 2.80 bits per heavy atom. The monoisotopic (exact) mass is 573 g/mol. The molecule has 2 aliphatic rings. The Bertz CT molecular complexity index is 2060. The first kappa shape index (κ1) is 23.6. The van der Waals surface area contributed by atoms with Gasteiger partial charge in [0.2, 0.25) is 5.95 Å². The van der Waals surface area contributed by atoms with Crippen LogP contribution in [0.1, 0.15) is 35.5 Å². The summed E-state index contributed by atoms with van der Waals surface area (Å²) in [7, 11) is 0. The lowest BCUT2D eigenvalue weighted by molar-refractivity contribution is 0.450. The van der Waals surface area contributed by atoms with Crippen LogP contribution in [0.4, 0.5) is 4.39 Å². The Morgan fingerprint density at radius 2 is 1.98 bits per heavy atom. The summed E-state index contributed by atoms with van der Waals surface area (Å²) in [6.45, 7) is 1.86. The highest BCUT2D eigenvalue weighted by Crippen LogP contribution is 2.61. The molecule has 3 atom stereocenters. The number of imidazole rings is 1. The third-order valence-electron chi connectivity index (χ3n) is 7.89. The van der Waals surface area contributed by atoms with Gasteiger partial charge in [0, 0.05) is 39.2 Å². The molecule has 1 aliphatic carbocycles. The molecule has 198 valence electrons. The zero-order valence-corrected chi connectivity index (χ0v) is 22.3. The minimum atomic E-state index is -0.622. The summed E-state index contributed by atoms with van der Waals surface area (Å²) < 4.78 is 24.0. The van der Waals surface area contributed by atoms with Crippen LogP contribution >= 0.6 is 23.2 Å². The number of aromatic amines is 1. The summed E-state index contributed by atoms with van der Waals surface area (Å²) in [4.78, 5) is 21.0. The highest BCUT2D eigenvalue weighted by molar-refractivity contribution is 6.31. The van der Waals surface area contributed by atoms with Crippen LogP contribution in [-0.2, 0) is 0 Å². The number of halogens is 3. The van der Waals surface area contributed by atoms with E-state index in [4.69, 9.17) is 27.7 Å². The van der Waals surface area contributed by atoms with Gasteiger partial charge in [0.15, 0.2) is 10.7 Å². The van der Waals surface area contributed by atoms with Crippen molar-refractivity contribution in [2.24, 2.45) is 5.92 Å². The number of hydrogen-bond acceptors (Lipinski definition) is 6. The highest BCUT2D eigenvalue weighted by atomic mass is 35.5. The van der Waals surface area contributed by atoms with E-state index in [2.05, 4.69) is 25.4 Å². The number of hydrogen-bond donors (Lipinski definition) is 1. The number of H-pyrrole nitrogens is 1. The fourth-order valence-corrected chi connectivity index (χ4v) is 6.29. The first-order chi connectivity index (χ1) is 19.4. The quantitative estimate of drug-likeness (QED) is 0.273. The summed E-state index contributed by atoms with van der Waals surface area (Å²) in [5.74, 6) is -0.0174. The molecule has 3 unspecified atom stereocenters. The third-order valence-corrected chi connectivity index (χ3v) is 8.30. The van der Waals surface area contributed by atoms with Crippen LogP contribution in [0, 0.1) is 18.8 Å². The molecule has 4 aromatic heterocycles. The molecule has 0 radical (unpaired) electrons. The van der Waals surface area contributed by atoms with E-state index in [0.717, 1.165) is 23.2 Å². The van der Waals surface area contributed by atoms with Crippen LogP contribution in [0.2, 0.25) is 10.2 Å². The van der Waals surface area contributed by atoms with Crippen LogP contribution in [0.15, 0.2) is 64.0 Å². The minimum Gasteiger partial charge on any atom is -0.356 e. The lowest BCUT2D eigenvalue weighted by Gasteiger charge is -2.18. The Kier molecular flexibility index (Phi) is 4.93. The third kappa shape index (κ3) is 3.49. The van der Waals surface area contributed by atoms with Crippen LogP contribution < -0.4 is 5.56 Å². The maximum atomic E-state index is 15.4. The van der Waals surface area contributed by atoms with Gasteiger partial charge >= 0.3 is 0 Å². The minimum absolute atomic E-state index is 0.0955. The summed E-state index contributed by atoms with van der Waals surface area (Å²) in [6, 6.07) is 13.9.